The highest BCUT2D eigenvalue weighted by molar-refractivity contribution is 6.32. The zero-order valence-electron chi connectivity index (χ0n) is 65.1. The van der Waals surface area contributed by atoms with E-state index in [4.69, 9.17) is 71.4 Å². The Morgan fingerprint density at radius 2 is 1.29 bits per heavy atom. The Hall–Kier alpha value is -9.61. The number of benzene rings is 5. The Labute approximate surface area is 671 Å². The number of ether oxygens (including phenoxy) is 9. The van der Waals surface area contributed by atoms with Crippen molar-refractivity contribution in [2.24, 2.45) is 23.1 Å². The van der Waals surface area contributed by atoms with Gasteiger partial charge in [0.25, 0.3) is 0 Å². The van der Waals surface area contributed by atoms with Crippen molar-refractivity contribution in [3.05, 3.63) is 118 Å². The molecule has 0 aromatic heterocycles. The second kappa shape index (κ2) is 36.1. The molecule has 630 valence electrons. The van der Waals surface area contributed by atoms with Crippen molar-refractivity contribution in [3.8, 4) is 57.1 Å². The topological polar surface area (TPSA) is 555 Å². The van der Waals surface area contributed by atoms with Gasteiger partial charge in [-0.2, -0.15) is 0 Å². The van der Waals surface area contributed by atoms with Crippen molar-refractivity contribution in [1.82, 2.24) is 36.8 Å². The van der Waals surface area contributed by atoms with Crippen LogP contribution >= 0.6 is 11.6 Å². The average molecular weight is 1640 g/mol. The summed E-state index contributed by atoms with van der Waals surface area (Å²) in [4.78, 5) is 124. The first kappa shape index (κ1) is 87.2. The maximum atomic E-state index is 16.5. The number of carbonyl (C=O) groups is 8. The number of halogens is 1. The number of likely N-dealkylation sites (N-methyl/N-ethyl adjacent to an activating group) is 1. The largest absolute Gasteiger partial charge is 0.508 e. The summed E-state index contributed by atoms with van der Waals surface area (Å²) in [5.41, 5.74) is 14.2. The lowest BCUT2D eigenvalue weighted by Gasteiger charge is -2.47. The lowest BCUT2D eigenvalue weighted by atomic mass is 9.86. The molecular formula is C79H101ClN10O26. The molecule has 37 heteroatoms. The molecule has 8 heterocycles. The van der Waals surface area contributed by atoms with E-state index in [1.165, 1.54) is 70.2 Å². The molecule has 9 unspecified atom stereocenters. The van der Waals surface area contributed by atoms with Gasteiger partial charge in [0.1, 0.15) is 89.5 Å². The number of amides is 7. The highest BCUT2D eigenvalue weighted by Gasteiger charge is 2.53. The van der Waals surface area contributed by atoms with Crippen molar-refractivity contribution in [2.45, 2.75) is 227 Å². The first-order valence-corrected chi connectivity index (χ1v) is 38.5. The summed E-state index contributed by atoms with van der Waals surface area (Å²) in [6, 6.07) is 2.59. The van der Waals surface area contributed by atoms with Gasteiger partial charge in [-0.15, -0.1) is 0 Å². The first-order chi connectivity index (χ1) is 54.8. The van der Waals surface area contributed by atoms with Crippen LogP contribution in [0.1, 0.15) is 152 Å². The number of aliphatic hydroxyl groups excluding tert-OH is 6. The molecule has 3 saturated heterocycles. The maximum absolute atomic E-state index is 16.5. The summed E-state index contributed by atoms with van der Waals surface area (Å²) in [6.45, 7) is 12.6. The Balaban J connectivity index is 1.18. The van der Waals surface area contributed by atoms with Crippen molar-refractivity contribution < 1.29 is 127 Å². The molecule has 8 aliphatic heterocycles. The number of esters is 1. The van der Waals surface area contributed by atoms with Gasteiger partial charge >= 0.3 is 5.97 Å². The molecule has 11 bridgehead atoms. The fourth-order valence-corrected chi connectivity index (χ4v) is 15.3. The second-order valence-electron chi connectivity index (χ2n) is 31.1. The highest BCUT2D eigenvalue weighted by atomic mass is 35.5. The zero-order valence-corrected chi connectivity index (χ0v) is 65.8. The lowest BCUT2D eigenvalue weighted by Crippen LogP contribution is -2.64. The highest BCUT2D eigenvalue weighted by Crippen LogP contribution is 2.50. The molecule has 8 aliphatic rings. The van der Waals surface area contributed by atoms with Crippen LogP contribution in [0.4, 0.5) is 0 Å². The van der Waals surface area contributed by atoms with Crippen molar-refractivity contribution >= 4 is 58.9 Å². The number of aromatic hydroxyl groups is 3. The number of rotatable bonds is 19. The number of nitrogens with two attached hydrogens (primary N) is 3. The van der Waals surface area contributed by atoms with E-state index in [0.717, 1.165) is 42.5 Å². The quantitative estimate of drug-likeness (QED) is 0.0523. The summed E-state index contributed by atoms with van der Waals surface area (Å²) >= 11 is 7.21. The third-order valence-electron chi connectivity index (χ3n) is 21.2. The number of carbonyl (C=O) groups excluding carboxylic acids is 8. The summed E-state index contributed by atoms with van der Waals surface area (Å²) in [5, 5.41) is 120. The molecule has 21 N–H and O–H groups in total. The van der Waals surface area contributed by atoms with Gasteiger partial charge in [-0.25, -0.2) is 4.79 Å². The number of nitrogens with one attached hydrogen (secondary N) is 6. The number of phenolic OH excluding ortho intramolecular Hbond substituents is 3. The summed E-state index contributed by atoms with van der Waals surface area (Å²) < 4.78 is 57.8. The van der Waals surface area contributed by atoms with E-state index < -0.39 is 245 Å². The molecular weight excluding hydrogens is 1540 g/mol. The van der Waals surface area contributed by atoms with Gasteiger partial charge in [-0.1, -0.05) is 63.6 Å². The van der Waals surface area contributed by atoms with E-state index in [-0.39, 0.29) is 77.0 Å². The van der Waals surface area contributed by atoms with Crippen LogP contribution in [0, 0.1) is 5.92 Å². The predicted molar refractivity (Wildman–Crippen MR) is 408 cm³/mol. The molecule has 22 atom stereocenters. The van der Waals surface area contributed by atoms with Crippen LogP contribution in [0.2, 0.25) is 5.02 Å². The van der Waals surface area contributed by atoms with Gasteiger partial charge in [-0.05, 0) is 143 Å². The Morgan fingerprint density at radius 1 is 0.681 bits per heavy atom. The van der Waals surface area contributed by atoms with E-state index in [2.05, 4.69) is 31.9 Å². The Kier molecular flexibility index (Phi) is 27.1. The molecule has 5 aromatic rings. The molecule has 0 aliphatic carbocycles. The van der Waals surface area contributed by atoms with Gasteiger partial charge in [-0.3, -0.25) is 38.5 Å². The summed E-state index contributed by atoms with van der Waals surface area (Å²) in [7, 11) is 1.69. The van der Waals surface area contributed by atoms with Crippen LogP contribution < -0.4 is 63.3 Å². The molecule has 5 aromatic carbocycles. The first-order valence-electron chi connectivity index (χ1n) is 38.1. The number of phenols is 3. The minimum Gasteiger partial charge on any atom is -0.508 e. The van der Waals surface area contributed by atoms with E-state index in [1.54, 1.807) is 18.9 Å². The summed E-state index contributed by atoms with van der Waals surface area (Å²) in [5.74, 6) is -14.3. The molecule has 0 radical (unpaired) electrons. The normalized spacial score (nSPS) is 31.2. The van der Waals surface area contributed by atoms with Crippen molar-refractivity contribution in [3.63, 3.8) is 0 Å². The molecule has 0 saturated carbocycles. The fraction of sp³-hybridized carbons (Fsp3) is 0.519. The molecule has 0 spiro atoms. The molecule has 116 heavy (non-hydrogen) atoms. The van der Waals surface area contributed by atoms with Gasteiger partial charge < -0.3 is 138 Å². The van der Waals surface area contributed by atoms with Crippen LogP contribution in [0.3, 0.4) is 0 Å². The molecule has 36 nitrogen and oxygen atoms in total. The van der Waals surface area contributed by atoms with Crippen LogP contribution in [-0.2, 0) is 66.8 Å². The number of fused-ring (bicyclic) bond motifs is 15. The second-order valence-corrected chi connectivity index (χ2v) is 31.5. The minimum absolute atomic E-state index is 0.000444. The fourth-order valence-electron chi connectivity index (χ4n) is 15.1. The van der Waals surface area contributed by atoms with Crippen LogP contribution in [0.25, 0.3) is 11.1 Å². The SMILES string of the molecule is CCCOC(=O)C1NC(=O)C2NC(=O)C(NC(=O)C3NC(=O)C(CC(N)=O)NC(=O)C(NC(=O)C(CC(C)C)N(C)CCC)C(O)c4ccc(c(Cl)c4)Oc4cc3cc(c4O[C@@H]3O[C@H](CO)[C@@H](O)[C@H](O)[C@H]3O[C@H]3C[C@](C)(N)[C@@H](O)[C@H](C)O3)Oc3ccc(cc3)C2O[C@H]2C[C@](C)(N)[C@@H](O)[C@H](C)O2)c2ccc(O)c(c2)-c2c(O)cc(O)cc21. The number of primary amides is 1. The van der Waals surface area contributed by atoms with Crippen LogP contribution in [0.15, 0.2) is 84.9 Å². The Bertz CT molecular complexity index is 4480. The monoisotopic (exact) mass is 1640 g/mol. The standard InChI is InChI=1S/C79H101ClN10O26/c1-10-20-90(9)46(22-33(3)4)71(102)88-60-62(96)38-15-19-49(44(80)24-38)112-51-26-39-25-50(66(51)116-77-67(64(98)63(97)52(32-91)113-77)115-55-31-79(8,83)69(100)35(6)110-55)111-41-16-12-36(13-17-41)65(114-54-30-78(7,82)68(99)34(5)109-54)61-75(106)87-59(76(107)108-21-11-2)43-27-40(92)28-48(94)56(43)42-23-37(14-18-47(42)93)57(72(103)89-61)86-73(104)58(39)85-70(101)45(29-53(81)95)84-74(60)105/h12-19,23-28,33-35,45-46,52,54-55,57-65,67-69,77,91-94,96-100H,10-11,20-22,29-32,82-83H2,1-9H3,(H2,81,95)(H,84,105)(H,85,101)(H,86,104)(H,87,106)(H,88,102)(H,89,103)/t34-,35-,45?,46?,52+,54-,55-,57?,58?,59?,60?,61?,62?,63+,64-,65?,67+,68-,69-,77-,78-,79-/m0/s1. The van der Waals surface area contributed by atoms with Gasteiger partial charge in [0.2, 0.25) is 53.4 Å². The lowest BCUT2D eigenvalue weighted by molar-refractivity contribution is -0.333. The number of nitrogens with zero attached hydrogens (tertiary/aromatic N) is 1. The number of hydrogen-bond acceptors (Lipinski definition) is 29. The van der Waals surface area contributed by atoms with E-state index in [9.17, 15) is 60.3 Å². The van der Waals surface area contributed by atoms with Crippen molar-refractivity contribution in [1.29, 1.82) is 0 Å². The van der Waals surface area contributed by atoms with Gasteiger partial charge in [0, 0.05) is 46.7 Å². The number of hydrogen-bond donors (Lipinski definition) is 18. The van der Waals surface area contributed by atoms with Crippen LogP contribution in [-0.4, -0.2) is 228 Å². The molecule has 13 rings (SSSR count). The third-order valence-corrected chi connectivity index (χ3v) is 21.5. The van der Waals surface area contributed by atoms with Crippen molar-refractivity contribution in [2.75, 3.05) is 26.8 Å². The molecule has 3 fully saturated rings. The van der Waals surface area contributed by atoms with E-state index in [1.807, 2.05) is 20.8 Å². The predicted octanol–water partition coefficient (Wildman–Crippen LogP) is 1.68. The average Bonchev–Trinajstić information content (AvgIpc) is 0.764. The van der Waals surface area contributed by atoms with E-state index >= 15 is 24.0 Å². The van der Waals surface area contributed by atoms with E-state index in [0.29, 0.717) is 13.0 Å². The smallest absolute Gasteiger partial charge is 0.333 e. The van der Waals surface area contributed by atoms with Gasteiger partial charge in [0.15, 0.2) is 36.2 Å². The summed E-state index contributed by atoms with van der Waals surface area (Å²) in [6.07, 6.45) is -21.3. The minimum atomic E-state index is -2.33. The maximum Gasteiger partial charge on any atom is 0.333 e. The third kappa shape index (κ3) is 19.2. The number of aliphatic hydroxyl groups is 6. The Morgan fingerprint density at radius 3 is 1.91 bits per heavy atom. The molecule has 7 amide bonds. The van der Waals surface area contributed by atoms with Crippen LogP contribution in [0.5, 0.6) is 46.0 Å². The zero-order chi connectivity index (χ0) is 84.4. The van der Waals surface area contributed by atoms with Gasteiger partial charge in [0.05, 0.1) is 55.1 Å².